The lowest BCUT2D eigenvalue weighted by Gasteiger charge is -2.36. The zero-order chi connectivity index (χ0) is 20.3. The first-order chi connectivity index (χ1) is 13.4. The van der Waals surface area contributed by atoms with Gasteiger partial charge in [0, 0.05) is 38.9 Å². The second-order valence-corrected chi connectivity index (χ2v) is 6.82. The van der Waals surface area contributed by atoms with Gasteiger partial charge in [-0.25, -0.2) is 4.98 Å². The monoisotopic (exact) mass is 379 g/mol. The first kappa shape index (κ1) is 19.4. The van der Waals surface area contributed by atoms with Crippen LogP contribution < -0.4 is 15.5 Å². The molecule has 0 spiro atoms. The van der Waals surface area contributed by atoms with Crippen LogP contribution in [-0.2, 0) is 4.79 Å². The van der Waals surface area contributed by atoms with E-state index in [4.69, 9.17) is 10.7 Å². The molecule has 0 bridgehead atoms. The molecule has 0 saturated carbocycles. The summed E-state index contributed by atoms with van der Waals surface area (Å²) in [6.45, 7) is 7.81. The van der Waals surface area contributed by atoms with E-state index in [-0.39, 0.29) is 5.91 Å². The second kappa shape index (κ2) is 8.12. The van der Waals surface area contributed by atoms with Crippen molar-refractivity contribution in [2.75, 3.05) is 43.0 Å². The predicted molar refractivity (Wildman–Crippen MR) is 111 cm³/mol. The minimum atomic E-state index is -0.517. The summed E-state index contributed by atoms with van der Waals surface area (Å²) in [6, 6.07) is 11.6. The van der Waals surface area contributed by atoms with E-state index >= 15 is 0 Å². The van der Waals surface area contributed by atoms with Crippen LogP contribution in [-0.4, -0.2) is 54.9 Å². The third-order valence-corrected chi connectivity index (χ3v) is 4.92. The van der Waals surface area contributed by atoms with Gasteiger partial charge < -0.3 is 20.4 Å². The van der Waals surface area contributed by atoms with Crippen LogP contribution in [0.5, 0.6) is 0 Å². The highest BCUT2D eigenvalue weighted by molar-refractivity contribution is 5.98. The number of piperazine rings is 1. The van der Waals surface area contributed by atoms with Crippen molar-refractivity contribution in [1.29, 1.82) is 0 Å². The van der Waals surface area contributed by atoms with Gasteiger partial charge in [-0.3, -0.25) is 9.59 Å². The molecule has 28 heavy (non-hydrogen) atoms. The van der Waals surface area contributed by atoms with E-state index in [0.717, 1.165) is 17.1 Å². The third-order valence-electron chi connectivity index (χ3n) is 4.92. The van der Waals surface area contributed by atoms with Crippen LogP contribution in [0.15, 0.2) is 49.1 Å². The number of primary amides is 1. The van der Waals surface area contributed by atoms with Crippen molar-refractivity contribution in [3.05, 3.63) is 60.2 Å². The van der Waals surface area contributed by atoms with Gasteiger partial charge in [0.1, 0.15) is 11.6 Å². The fourth-order valence-corrected chi connectivity index (χ4v) is 3.30. The van der Waals surface area contributed by atoms with Crippen molar-refractivity contribution in [3.8, 4) is 0 Å². The van der Waals surface area contributed by atoms with Crippen LogP contribution >= 0.6 is 0 Å². The molecule has 2 N–H and O–H groups in total. The summed E-state index contributed by atoms with van der Waals surface area (Å²) in [5, 5.41) is 0. The minimum absolute atomic E-state index is 0.0873. The molecule has 1 aromatic heterocycles. The second-order valence-electron chi connectivity index (χ2n) is 6.82. The number of rotatable bonds is 5. The van der Waals surface area contributed by atoms with Crippen molar-refractivity contribution in [2.24, 2.45) is 5.73 Å². The summed E-state index contributed by atoms with van der Waals surface area (Å²) in [6.07, 6.45) is 1.32. The maximum atomic E-state index is 11.9. The van der Waals surface area contributed by atoms with E-state index in [2.05, 4.69) is 12.6 Å². The number of nitrogens with two attached hydrogens (primary N) is 1. The average molecular weight is 379 g/mol. The molecule has 3 rings (SSSR count). The Morgan fingerprint density at radius 1 is 1.18 bits per heavy atom. The number of hydrogen-bond acceptors (Lipinski definition) is 5. The molecule has 2 heterocycles. The fourth-order valence-electron chi connectivity index (χ4n) is 3.30. The van der Waals surface area contributed by atoms with E-state index in [1.165, 1.54) is 6.08 Å². The number of amides is 2. The number of nitrogens with zero attached hydrogens (tertiary/aromatic N) is 4. The van der Waals surface area contributed by atoms with Crippen LogP contribution in [0.25, 0.3) is 0 Å². The largest absolute Gasteiger partial charge is 0.365 e. The molecular weight excluding hydrogens is 354 g/mol. The lowest BCUT2D eigenvalue weighted by Crippen LogP contribution is -2.49. The highest BCUT2D eigenvalue weighted by Gasteiger charge is 2.24. The summed E-state index contributed by atoms with van der Waals surface area (Å²) < 4.78 is 0. The molecule has 146 valence electrons. The van der Waals surface area contributed by atoms with Gasteiger partial charge in [0.15, 0.2) is 0 Å². The van der Waals surface area contributed by atoms with Crippen molar-refractivity contribution in [3.63, 3.8) is 0 Å². The highest BCUT2D eigenvalue weighted by atomic mass is 16.2. The maximum absolute atomic E-state index is 11.9. The van der Waals surface area contributed by atoms with Crippen LogP contribution in [0.4, 0.5) is 17.3 Å². The molecule has 7 heteroatoms. The lowest BCUT2D eigenvalue weighted by atomic mass is 10.2. The van der Waals surface area contributed by atoms with E-state index in [1.54, 1.807) is 17.0 Å². The van der Waals surface area contributed by atoms with Crippen LogP contribution in [0, 0.1) is 6.92 Å². The van der Waals surface area contributed by atoms with Crippen LogP contribution in [0.2, 0.25) is 0 Å². The zero-order valence-electron chi connectivity index (χ0n) is 16.3. The van der Waals surface area contributed by atoms with E-state index < -0.39 is 5.91 Å². The average Bonchev–Trinajstić information content (AvgIpc) is 2.72. The number of pyridine rings is 1. The molecule has 0 atom stereocenters. The summed E-state index contributed by atoms with van der Waals surface area (Å²) >= 11 is 0. The molecule has 0 unspecified atom stereocenters. The summed E-state index contributed by atoms with van der Waals surface area (Å²) in [4.78, 5) is 34.2. The number of anilines is 3. The third kappa shape index (κ3) is 3.98. The van der Waals surface area contributed by atoms with Gasteiger partial charge in [0.05, 0.1) is 5.56 Å². The quantitative estimate of drug-likeness (QED) is 0.805. The SMILES string of the molecule is C=CC(=O)N1CCN(c2nc(N(C)c3cccc(C)c3)ccc2C(N)=O)CC1. The molecule has 1 saturated heterocycles. The Kier molecular flexibility index (Phi) is 5.63. The van der Waals surface area contributed by atoms with Gasteiger partial charge in [-0.2, -0.15) is 0 Å². The maximum Gasteiger partial charge on any atom is 0.252 e. The number of benzene rings is 1. The molecule has 2 aromatic rings. The highest BCUT2D eigenvalue weighted by Crippen LogP contribution is 2.27. The number of carbonyl (C=O) groups excluding carboxylic acids is 2. The first-order valence-electron chi connectivity index (χ1n) is 9.18. The Labute approximate surface area is 165 Å². The van der Waals surface area contributed by atoms with E-state index in [9.17, 15) is 9.59 Å². The van der Waals surface area contributed by atoms with Gasteiger partial charge in [-0.1, -0.05) is 18.7 Å². The van der Waals surface area contributed by atoms with Crippen molar-refractivity contribution < 1.29 is 9.59 Å². The van der Waals surface area contributed by atoms with Crippen LogP contribution in [0.3, 0.4) is 0 Å². The normalized spacial score (nSPS) is 13.9. The van der Waals surface area contributed by atoms with Crippen molar-refractivity contribution in [1.82, 2.24) is 9.88 Å². The molecule has 0 aliphatic carbocycles. The molecule has 1 aliphatic heterocycles. The van der Waals surface area contributed by atoms with E-state index in [1.807, 2.05) is 42.0 Å². The molecule has 1 aliphatic rings. The molecule has 2 amide bonds. The minimum Gasteiger partial charge on any atom is -0.365 e. The molecule has 1 fully saturated rings. The van der Waals surface area contributed by atoms with Gasteiger partial charge in [0.2, 0.25) is 5.91 Å². The first-order valence-corrected chi connectivity index (χ1v) is 9.18. The summed E-state index contributed by atoms with van der Waals surface area (Å²) in [5.74, 6) is 0.665. The molecular formula is C21H25N5O2. The van der Waals surface area contributed by atoms with Gasteiger partial charge >= 0.3 is 0 Å². The van der Waals surface area contributed by atoms with Crippen molar-refractivity contribution in [2.45, 2.75) is 6.92 Å². The molecule has 7 nitrogen and oxygen atoms in total. The Morgan fingerprint density at radius 3 is 2.50 bits per heavy atom. The molecule has 0 radical (unpaired) electrons. The number of carbonyl (C=O) groups is 2. The standard InChI is InChI=1S/C21H25N5O2/c1-4-19(27)25-10-12-26(13-11-25)21-17(20(22)28)8-9-18(23-21)24(3)16-7-5-6-15(2)14-16/h4-9,14H,1,10-13H2,2-3H3,(H2,22,28). The van der Waals surface area contributed by atoms with Crippen LogP contribution in [0.1, 0.15) is 15.9 Å². The Hall–Kier alpha value is -3.35. The van der Waals surface area contributed by atoms with Gasteiger partial charge in [-0.15, -0.1) is 0 Å². The Bertz CT molecular complexity index is 903. The lowest BCUT2D eigenvalue weighted by molar-refractivity contribution is -0.126. The van der Waals surface area contributed by atoms with E-state index in [0.29, 0.717) is 37.6 Å². The number of aromatic nitrogens is 1. The van der Waals surface area contributed by atoms with Gasteiger partial charge in [-0.05, 0) is 42.8 Å². The Morgan fingerprint density at radius 2 is 1.89 bits per heavy atom. The number of aryl methyl sites for hydroxylation is 1. The number of hydrogen-bond donors (Lipinski definition) is 1. The fraction of sp³-hybridized carbons (Fsp3) is 0.286. The zero-order valence-corrected chi connectivity index (χ0v) is 16.3. The molecule has 1 aromatic carbocycles. The summed E-state index contributed by atoms with van der Waals surface area (Å²) in [7, 11) is 1.94. The van der Waals surface area contributed by atoms with Gasteiger partial charge in [0.25, 0.3) is 5.91 Å². The topological polar surface area (TPSA) is 82.8 Å². The smallest absolute Gasteiger partial charge is 0.252 e. The summed E-state index contributed by atoms with van der Waals surface area (Å²) in [5.41, 5.74) is 8.12. The Balaban J connectivity index is 1.89. The predicted octanol–water partition coefficient (Wildman–Crippen LogP) is 2.09. The van der Waals surface area contributed by atoms with Crippen molar-refractivity contribution >= 4 is 29.1 Å².